The molecular weight excluding hydrogens is 651 g/mol. The summed E-state index contributed by atoms with van der Waals surface area (Å²) in [6.45, 7) is 10.3. The lowest BCUT2D eigenvalue weighted by Crippen LogP contribution is -2.22. The van der Waals surface area contributed by atoms with Crippen molar-refractivity contribution < 1.29 is 23.9 Å². The molecule has 4 aromatic rings. The number of carbonyl (C=O) groups is 1. The van der Waals surface area contributed by atoms with Crippen LogP contribution >= 0.6 is 0 Å². The van der Waals surface area contributed by atoms with E-state index < -0.39 is 11.2 Å². The van der Waals surface area contributed by atoms with Crippen molar-refractivity contribution in [2.45, 2.75) is 63.6 Å². The maximum Gasteiger partial charge on any atom is 0.251 e. The second kappa shape index (κ2) is 18.7. The lowest BCUT2D eigenvalue weighted by atomic mass is 10.0. The maximum atomic E-state index is 13.4. The Hall–Kier alpha value is -4.16. The second-order valence-corrected chi connectivity index (χ2v) is 14.1. The van der Waals surface area contributed by atoms with Crippen LogP contribution in [0.2, 0.25) is 0 Å². The molecule has 1 amide bonds. The number of carbonyl (C=O) groups excluding carboxylic acids is 1. The molecule has 1 saturated heterocycles. The Balaban J connectivity index is 1.27. The molecule has 50 heavy (non-hydrogen) atoms. The zero-order valence-corrected chi connectivity index (χ0v) is 30.2. The molecule has 2 aromatic heterocycles. The Bertz CT molecular complexity index is 1690. The molecule has 2 aromatic carbocycles. The second-order valence-electron chi connectivity index (χ2n) is 12.6. The Labute approximate surface area is 298 Å². The third kappa shape index (κ3) is 10.2. The van der Waals surface area contributed by atoms with Crippen molar-refractivity contribution in [2.75, 3.05) is 49.7 Å². The minimum Gasteiger partial charge on any atom is -0.611 e. The zero-order valence-electron chi connectivity index (χ0n) is 29.3. The fraction of sp³-hybridized carbons (Fsp3) is 0.410. The molecule has 2 atom stereocenters. The van der Waals surface area contributed by atoms with Crippen LogP contribution in [0.15, 0.2) is 83.8 Å². The first-order valence-corrected chi connectivity index (χ1v) is 18.8. The van der Waals surface area contributed by atoms with Gasteiger partial charge in [-0.15, -0.1) is 0 Å². The average Bonchev–Trinajstić information content (AvgIpc) is 3.80. The van der Waals surface area contributed by atoms with Gasteiger partial charge in [0.15, 0.2) is 10.6 Å². The number of aliphatic hydroxyl groups is 1. The molecular formula is C39H49N5O5S. The van der Waals surface area contributed by atoms with E-state index in [0.717, 1.165) is 79.3 Å². The zero-order chi connectivity index (χ0) is 35.3. The number of hydrogen-bond donors (Lipinski definition) is 2. The van der Waals surface area contributed by atoms with Crippen molar-refractivity contribution in [1.29, 1.82) is 0 Å². The quantitative estimate of drug-likeness (QED) is 0.0667. The minimum atomic E-state index is -1.24. The van der Waals surface area contributed by atoms with Gasteiger partial charge in [-0.25, -0.2) is 9.97 Å². The number of aliphatic hydroxyl groups excluding tert-OH is 1. The highest BCUT2D eigenvalue weighted by atomic mass is 32.2. The predicted molar refractivity (Wildman–Crippen MR) is 200 cm³/mol. The predicted octanol–water partition coefficient (Wildman–Crippen LogP) is 6.72. The maximum absolute atomic E-state index is 13.4. The smallest absolute Gasteiger partial charge is 0.251 e. The molecule has 1 aliphatic rings. The van der Waals surface area contributed by atoms with Gasteiger partial charge >= 0.3 is 0 Å². The minimum absolute atomic E-state index is 0.135. The number of aryl methyl sites for hydroxylation is 1. The van der Waals surface area contributed by atoms with Crippen LogP contribution in [-0.4, -0.2) is 69.6 Å². The summed E-state index contributed by atoms with van der Waals surface area (Å²) in [5.74, 6) is 1.89. The number of imidazole rings is 1. The van der Waals surface area contributed by atoms with E-state index in [1.165, 1.54) is 0 Å². The van der Waals surface area contributed by atoms with Crippen LogP contribution in [0.5, 0.6) is 5.75 Å². The summed E-state index contributed by atoms with van der Waals surface area (Å²) in [5.41, 5.74) is 4.80. The third-order valence-electron chi connectivity index (χ3n) is 8.71. The molecule has 0 aliphatic carbocycles. The number of pyridine rings is 1. The number of aromatic nitrogens is 3. The van der Waals surface area contributed by atoms with E-state index in [0.29, 0.717) is 41.7 Å². The number of amides is 1. The SMILES string of the molecule is CCCCOCCOc1ccc(-c2cnc(N3CCC(CO)C3)c(C=C(C)C(=O)Nc3ccc([S@@+]([O-])Cc4cncn4CCC)cc3)c2)cc1. The Morgan fingerprint density at radius 1 is 1.06 bits per heavy atom. The van der Waals surface area contributed by atoms with Gasteiger partial charge in [-0.1, -0.05) is 32.4 Å². The summed E-state index contributed by atoms with van der Waals surface area (Å²) in [5, 5.41) is 12.7. The van der Waals surface area contributed by atoms with Gasteiger partial charge in [0, 0.05) is 67.4 Å². The van der Waals surface area contributed by atoms with Gasteiger partial charge in [0.2, 0.25) is 0 Å². The highest BCUT2D eigenvalue weighted by Gasteiger charge is 2.25. The number of anilines is 2. The summed E-state index contributed by atoms with van der Waals surface area (Å²) >= 11 is -1.24. The van der Waals surface area contributed by atoms with Gasteiger partial charge < -0.3 is 33.9 Å². The third-order valence-corrected chi connectivity index (χ3v) is 10.1. The molecule has 0 radical (unpaired) electrons. The molecule has 0 saturated carbocycles. The monoisotopic (exact) mass is 699 g/mol. The lowest BCUT2D eigenvalue weighted by Gasteiger charge is -2.21. The van der Waals surface area contributed by atoms with Gasteiger partial charge in [0.25, 0.3) is 5.91 Å². The van der Waals surface area contributed by atoms with E-state index in [9.17, 15) is 14.5 Å². The van der Waals surface area contributed by atoms with Crippen LogP contribution in [0.25, 0.3) is 17.2 Å². The van der Waals surface area contributed by atoms with Crippen molar-refractivity contribution in [3.63, 3.8) is 0 Å². The number of nitrogens with one attached hydrogen (secondary N) is 1. The fourth-order valence-electron chi connectivity index (χ4n) is 5.83. The van der Waals surface area contributed by atoms with Crippen LogP contribution in [0, 0.1) is 5.92 Å². The summed E-state index contributed by atoms with van der Waals surface area (Å²) < 4.78 is 26.5. The molecule has 11 heteroatoms. The van der Waals surface area contributed by atoms with Gasteiger partial charge in [-0.05, 0) is 91.5 Å². The summed E-state index contributed by atoms with van der Waals surface area (Å²) in [6.07, 6.45) is 11.3. The van der Waals surface area contributed by atoms with E-state index in [1.54, 1.807) is 43.7 Å². The van der Waals surface area contributed by atoms with Crippen LogP contribution in [0.1, 0.15) is 57.7 Å². The van der Waals surface area contributed by atoms with Crippen LogP contribution in [-0.2, 0) is 33.0 Å². The first-order chi connectivity index (χ1) is 24.4. The van der Waals surface area contributed by atoms with Gasteiger partial charge in [0.05, 0.1) is 24.8 Å². The van der Waals surface area contributed by atoms with Gasteiger partial charge in [-0.2, -0.15) is 0 Å². The lowest BCUT2D eigenvalue weighted by molar-refractivity contribution is -0.112. The Morgan fingerprint density at radius 3 is 2.58 bits per heavy atom. The van der Waals surface area contributed by atoms with Crippen molar-refractivity contribution in [2.24, 2.45) is 5.92 Å². The molecule has 0 spiro atoms. The van der Waals surface area contributed by atoms with E-state index >= 15 is 0 Å². The van der Waals surface area contributed by atoms with Gasteiger partial charge in [0.1, 0.15) is 18.2 Å². The molecule has 1 fully saturated rings. The molecule has 5 rings (SSSR count). The van der Waals surface area contributed by atoms with E-state index in [2.05, 4.69) is 35.1 Å². The number of unbranched alkanes of at least 4 members (excludes halogenated alkanes) is 1. The van der Waals surface area contributed by atoms with Crippen LogP contribution in [0.3, 0.4) is 0 Å². The summed E-state index contributed by atoms with van der Waals surface area (Å²) in [4.78, 5) is 25.3. The number of nitrogens with zero attached hydrogens (tertiary/aromatic N) is 4. The number of rotatable bonds is 18. The van der Waals surface area contributed by atoms with E-state index in [1.807, 2.05) is 41.1 Å². The molecule has 1 aliphatic heterocycles. The summed E-state index contributed by atoms with van der Waals surface area (Å²) in [7, 11) is 0. The molecule has 1 unspecified atom stereocenters. The fourth-order valence-corrected chi connectivity index (χ4v) is 6.95. The van der Waals surface area contributed by atoms with Crippen molar-refractivity contribution in [1.82, 2.24) is 14.5 Å². The topological polar surface area (TPSA) is 125 Å². The van der Waals surface area contributed by atoms with E-state index in [-0.39, 0.29) is 18.4 Å². The first kappa shape index (κ1) is 37.1. The van der Waals surface area contributed by atoms with Crippen molar-refractivity contribution in [3.8, 4) is 16.9 Å². The van der Waals surface area contributed by atoms with Crippen LogP contribution < -0.4 is 15.0 Å². The molecule has 2 N–H and O–H groups in total. The Kier molecular flexibility index (Phi) is 13.9. The molecule has 266 valence electrons. The standard InChI is InChI=1S/C39H49N5O5S/c1-4-6-18-48-19-20-49-36-11-7-31(8-12-36)33-22-32(38(41-23-33)43-17-15-30(25-43)26-45)21-29(3)39(46)42-34-9-13-37(14-10-34)50(47)27-35-24-40-28-44(35)16-5-2/h7-14,21-24,28,30,45H,4-6,15-20,25-27H2,1-3H3,(H,42,46)/t30?,50-/m0/s1. The Morgan fingerprint density at radius 2 is 1.86 bits per heavy atom. The van der Waals surface area contributed by atoms with Crippen molar-refractivity contribution >= 4 is 34.7 Å². The largest absolute Gasteiger partial charge is 0.611 e. The molecule has 10 nitrogen and oxygen atoms in total. The highest BCUT2D eigenvalue weighted by molar-refractivity contribution is 7.90. The number of hydrogen-bond acceptors (Lipinski definition) is 8. The first-order valence-electron chi connectivity index (χ1n) is 17.5. The average molecular weight is 700 g/mol. The van der Waals surface area contributed by atoms with Crippen molar-refractivity contribution in [3.05, 3.63) is 90.1 Å². The molecule has 0 bridgehead atoms. The molecule has 3 heterocycles. The summed E-state index contributed by atoms with van der Waals surface area (Å²) in [6, 6.07) is 17.1. The van der Waals surface area contributed by atoms with Gasteiger partial charge in [-0.3, -0.25) is 4.79 Å². The number of ether oxygens (including phenoxy) is 2. The number of benzene rings is 2. The highest BCUT2D eigenvalue weighted by Crippen LogP contribution is 2.31. The normalized spacial score (nSPS) is 15.3. The van der Waals surface area contributed by atoms with E-state index in [4.69, 9.17) is 14.5 Å². The van der Waals surface area contributed by atoms with Crippen LogP contribution in [0.4, 0.5) is 11.5 Å².